The summed E-state index contributed by atoms with van der Waals surface area (Å²) in [5.74, 6) is 0.606. The van der Waals surface area contributed by atoms with Crippen LogP contribution in [0.5, 0.6) is 0 Å². The van der Waals surface area contributed by atoms with Crippen molar-refractivity contribution in [3.8, 4) is 5.69 Å². The van der Waals surface area contributed by atoms with E-state index in [1.165, 1.54) is 31.4 Å². The molecule has 0 atom stereocenters. The Bertz CT molecular complexity index is 654. The predicted octanol–water partition coefficient (Wildman–Crippen LogP) is 5.50. The predicted molar refractivity (Wildman–Crippen MR) is 82.2 cm³/mol. The molecular formula is C14H14Cl2N2S. The van der Waals surface area contributed by atoms with Crippen LogP contribution in [-0.4, -0.2) is 9.78 Å². The van der Waals surface area contributed by atoms with Crippen LogP contribution >= 0.6 is 35.4 Å². The molecule has 0 aliphatic heterocycles. The lowest BCUT2D eigenvalue weighted by molar-refractivity contribution is 0.678. The Morgan fingerprint density at radius 2 is 1.89 bits per heavy atom. The summed E-state index contributed by atoms with van der Waals surface area (Å²) in [5, 5.41) is 4.61. The molecule has 1 aliphatic carbocycles. The quantitative estimate of drug-likeness (QED) is 0.726. The molecule has 5 heteroatoms. The Labute approximate surface area is 127 Å². The monoisotopic (exact) mass is 312 g/mol. The average Bonchev–Trinajstić information content (AvgIpc) is 2.98. The van der Waals surface area contributed by atoms with Crippen LogP contribution in [0.3, 0.4) is 0 Å². The maximum Gasteiger partial charge on any atom is 0.128 e. The molecule has 19 heavy (non-hydrogen) atoms. The number of halogens is 2. The maximum atomic E-state index is 6.23. The fraction of sp³-hybridized carbons (Fsp3) is 0.357. The highest BCUT2D eigenvalue weighted by Gasteiger charge is 2.19. The number of hydrogen-bond donors (Lipinski definition) is 1. The van der Waals surface area contributed by atoms with Crippen molar-refractivity contribution in [2.45, 2.75) is 31.6 Å². The van der Waals surface area contributed by atoms with Crippen LogP contribution in [0.1, 0.15) is 37.3 Å². The summed E-state index contributed by atoms with van der Waals surface area (Å²) in [5.41, 5.74) is 2.06. The van der Waals surface area contributed by atoms with E-state index in [1.54, 1.807) is 6.07 Å². The molecule has 1 aliphatic rings. The second-order valence-corrected chi connectivity index (χ2v) is 6.22. The van der Waals surface area contributed by atoms with E-state index >= 15 is 0 Å². The highest BCUT2D eigenvalue weighted by Crippen LogP contribution is 2.34. The normalized spacial score (nSPS) is 16.1. The van der Waals surface area contributed by atoms with Gasteiger partial charge in [0.15, 0.2) is 0 Å². The average molecular weight is 313 g/mol. The van der Waals surface area contributed by atoms with Crippen molar-refractivity contribution < 1.29 is 0 Å². The lowest BCUT2D eigenvalue weighted by Crippen LogP contribution is -2.00. The van der Waals surface area contributed by atoms with E-state index in [0.717, 1.165) is 10.3 Å². The highest BCUT2D eigenvalue weighted by molar-refractivity contribution is 7.71. The van der Waals surface area contributed by atoms with E-state index in [4.69, 9.17) is 35.4 Å². The molecule has 2 aromatic rings. The van der Waals surface area contributed by atoms with Crippen molar-refractivity contribution in [2.24, 2.45) is 0 Å². The van der Waals surface area contributed by atoms with Crippen molar-refractivity contribution in [3.05, 3.63) is 44.6 Å². The zero-order valence-corrected chi connectivity index (χ0v) is 12.7. The van der Waals surface area contributed by atoms with Crippen LogP contribution < -0.4 is 0 Å². The SMILES string of the molecule is S=c1cc(C2CCCC2)[nH]n1-c1ccc(Cl)cc1Cl. The van der Waals surface area contributed by atoms with Crippen LogP contribution in [0.25, 0.3) is 5.69 Å². The zero-order valence-electron chi connectivity index (χ0n) is 10.3. The van der Waals surface area contributed by atoms with Gasteiger partial charge in [-0.15, -0.1) is 0 Å². The molecule has 100 valence electrons. The van der Waals surface area contributed by atoms with Gasteiger partial charge in [0.2, 0.25) is 0 Å². The minimum atomic E-state index is 0.600. The first-order valence-electron chi connectivity index (χ1n) is 6.42. The molecule has 1 saturated carbocycles. The summed E-state index contributed by atoms with van der Waals surface area (Å²) in [6.45, 7) is 0. The molecule has 1 fully saturated rings. The van der Waals surface area contributed by atoms with Gasteiger partial charge in [0.05, 0.1) is 10.7 Å². The van der Waals surface area contributed by atoms with E-state index in [0.29, 0.717) is 16.0 Å². The molecule has 0 saturated heterocycles. The topological polar surface area (TPSA) is 20.7 Å². The number of hydrogen-bond acceptors (Lipinski definition) is 1. The van der Waals surface area contributed by atoms with Crippen LogP contribution in [0, 0.1) is 4.64 Å². The summed E-state index contributed by atoms with van der Waals surface area (Å²) >= 11 is 17.6. The number of aromatic amines is 1. The first kappa shape index (κ1) is 13.2. The molecule has 1 aromatic carbocycles. The Balaban J connectivity index is 2.03. The van der Waals surface area contributed by atoms with Crippen LogP contribution in [-0.2, 0) is 0 Å². The van der Waals surface area contributed by atoms with Crippen molar-refractivity contribution >= 4 is 35.4 Å². The summed E-state index contributed by atoms with van der Waals surface area (Å²) in [6.07, 6.45) is 5.09. The molecular weight excluding hydrogens is 299 g/mol. The third-order valence-corrected chi connectivity index (χ3v) is 4.52. The fourth-order valence-electron chi connectivity index (χ4n) is 2.70. The van der Waals surface area contributed by atoms with E-state index in [1.807, 2.05) is 16.8 Å². The summed E-state index contributed by atoms with van der Waals surface area (Å²) in [4.78, 5) is 0. The van der Waals surface area contributed by atoms with Gasteiger partial charge in [-0.25, -0.2) is 4.68 Å². The second-order valence-electron chi connectivity index (χ2n) is 4.96. The number of benzene rings is 1. The van der Waals surface area contributed by atoms with Crippen molar-refractivity contribution in [3.63, 3.8) is 0 Å². The van der Waals surface area contributed by atoms with Crippen molar-refractivity contribution in [1.82, 2.24) is 9.78 Å². The third kappa shape index (κ3) is 2.60. The lowest BCUT2D eigenvalue weighted by atomic mass is 10.1. The summed E-state index contributed by atoms with van der Waals surface area (Å²) < 4.78 is 2.62. The van der Waals surface area contributed by atoms with Gasteiger partial charge in [0.25, 0.3) is 0 Å². The van der Waals surface area contributed by atoms with Gasteiger partial charge in [0, 0.05) is 16.6 Å². The van der Waals surface area contributed by atoms with Gasteiger partial charge < -0.3 is 0 Å². The van der Waals surface area contributed by atoms with E-state index in [-0.39, 0.29) is 0 Å². The zero-order chi connectivity index (χ0) is 13.4. The molecule has 1 aromatic heterocycles. The molecule has 2 nitrogen and oxygen atoms in total. The van der Waals surface area contributed by atoms with Crippen LogP contribution in [0.4, 0.5) is 0 Å². The third-order valence-electron chi connectivity index (χ3n) is 3.69. The Morgan fingerprint density at radius 3 is 2.58 bits per heavy atom. The van der Waals surface area contributed by atoms with Crippen molar-refractivity contribution in [1.29, 1.82) is 0 Å². The van der Waals surface area contributed by atoms with Crippen molar-refractivity contribution in [2.75, 3.05) is 0 Å². The molecule has 1 N–H and O–H groups in total. The standard InChI is InChI=1S/C14H14Cl2N2S/c15-10-5-6-13(11(16)7-10)18-14(19)8-12(17-18)9-3-1-2-4-9/h5-9,17H,1-4H2. The Hall–Kier alpha value is -0.770. The Kier molecular flexibility index (Phi) is 3.70. The fourth-order valence-corrected chi connectivity index (χ4v) is 3.47. The Morgan fingerprint density at radius 1 is 1.16 bits per heavy atom. The molecule has 0 bridgehead atoms. The smallest absolute Gasteiger partial charge is 0.128 e. The van der Waals surface area contributed by atoms with E-state index in [2.05, 4.69) is 11.2 Å². The van der Waals surface area contributed by atoms with E-state index in [9.17, 15) is 0 Å². The molecule has 1 heterocycles. The van der Waals surface area contributed by atoms with Gasteiger partial charge >= 0.3 is 0 Å². The largest absolute Gasteiger partial charge is 0.297 e. The number of H-pyrrole nitrogens is 1. The molecule has 0 unspecified atom stereocenters. The van der Waals surface area contributed by atoms with Gasteiger partial charge in [-0.2, -0.15) is 0 Å². The van der Waals surface area contributed by atoms with Gasteiger partial charge in [0.1, 0.15) is 4.64 Å². The van der Waals surface area contributed by atoms with E-state index < -0.39 is 0 Å². The number of nitrogens with one attached hydrogen (secondary N) is 1. The first-order valence-corrected chi connectivity index (χ1v) is 7.59. The van der Waals surface area contributed by atoms with Gasteiger partial charge in [-0.05, 0) is 37.1 Å². The first-order chi connectivity index (χ1) is 9.15. The molecule has 0 radical (unpaired) electrons. The number of rotatable bonds is 2. The number of nitrogens with zero attached hydrogens (tertiary/aromatic N) is 1. The molecule has 0 spiro atoms. The molecule has 3 rings (SSSR count). The second kappa shape index (κ2) is 5.31. The summed E-state index contributed by atoms with van der Waals surface area (Å²) in [7, 11) is 0. The summed E-state index contributed by atoms with van der Waals surface area (Å²) in [6, 6.07) is 7.49. The maximum absolute atomic E-state index is 6.23. The van der Waals surface area contributed by atoms with Crippen LogP contribution in [0.15, 0.2) is 24.3 Å². The highest BCUT2D eigenvalue weighted by atomic mass is 35.5. The minimum Gasteiger partial charge on any atom is -0.297 e. The lowest BCUT2D eigenvalue weighted by Gasteiger charge is -2.08. The van der Waals surface area contributed by atoms with Gasteiger partial charge in [-0.3, -0.25) is 5.10 Å². The van der Waals surface area contributed by atoms with Gasteiger partial charge in [-0.1, -0.05) is 48.3 Å². The molecule has 0 amide bonds. The minimum absolute atomic E-state index is 0.600. The number of aromatic nitrogens is 2. The van der Waals surface area contributed by atoms with Crippen LogP contribution in [0.2, 0.25) is 10.0 Å².